The number of hydrogen-bond acceptors (Lipinski definition) is 3. The average molecular weight is 338 g/mol. The first kappa shape index (κ1) is 15.6. The quantitative estimate of drug-likeness (QED) is 0.345. The van der Waals surface area contributed by atoms with Crippen molar-refractivity contribution in [3.63, 3.8) is 0 Å². The second-order valence-corrected chi connectivity index (χ2v) is 5.76. The monoisotopic (exact) mass is 338 g/mol. The number of Topliss-reactive ketones (excluding diaryl/α,β-unsaturated/α-hetero) is 1. The van der Waals surface area contributed by atoms with E-state index >= 15 is 0 Å². The van der Waals surface area contributed by atoms with Crippen molar-refractivity contribution in [2.75, 3.05) is 0 Å². The summed E-state index contributed by atoms with van der Waals surface area (Å²) in [5.74, 6) is -0.305. The zero-order valence-corrected chi connectivity index (χ0v) is 13.8. The van der Waals surface area contributed by atoms with Crippen molar-refractivity contribution in [2.24, 2.45) is 0 Å². The summed E-state index contributed by atoms with van der Waals surface area (Å²) >= 11 is 0. The van der Waals surface area contributed by atoms with Crippen molar-refractivity contribution >= 4 is 22.8 Å². The topological polar surface area (TPSA) is 74.5 Å². The van der Waals surface area contributed by atoms with Crippen LogP contribution in [-0.4, -0.2) is 20.5 Å². The third-order valence-electron chi connectivity index (χ3n) is 4.19. The molecule has 26 heavy (non-hydrogen) atoms. The molecule has 0 amide bonds. The van der Waals surface area contributed by atoms with Crippen LogP contribution in [0.1, 0.15) is 15.9 Å². The van der Waals surface area contributed by atoms with Gasteiger partial charge in [-0.3, -0.25) is 4.79 Å². The fraction of sp³-hybridized carbons (Fsp3) is 0. The Morgan fingerprint density at radius 2 is 1.92 bits per heavy atom. The number of hydrogen-bond donors (Lipinski definition) is 1. The van der Waals surface area contributed by atoms with E-state index in [1.54, 1.807) is 23.2 Å². The van der Waals surface area contributed by atoms with Crippen molar-refractivity contribution < 1.29 is 4.79 Å². The first-order chi connectivity index (χ1) is 12.8. The highest BCUT2D eigenvalue weighted by Crippen LogP contribution is 2.23. The molecular weight excluding hydrogens is 324 g/mol. The lowest BCUT2D eigenvalue weighted by molar-refractivity contribution is 0.104. The van der Waals surface area contributed by atoms with Crippen LogP contribution in [0.2, 0.25) is 0 Å². The van der Waals surface area contributed by atoms with Crippen LogP contribution in [0, 0.1) is 11.3 Å². The molecule has 2 aromatic heterocycles. The van der Waals surface area contributed by atoms with E-state index < -0.39 is 0 Å². The summed E-state index contributed by atoms with van der Waals surface area (Å²) in [7, 11) is 0. The summed E-state index contributed by atoms with van der Waals surface area (Å²) in [6, 6.07) is 18.9. The van der Waals surface area contributed by atoms with Gasteiger partial charge in [-0.25, -0.2) is 4.68 Å². The number of nitrogens with one attached hydrogen (secondary N) is 1. The van der Waals surface area contributed by atoms with E-state index in [0.717, 1.165) is 22.2 Å². The van der Waals surface area contributed by atoms with E-state index in [2.05, 4.69) is 10.1 Å². The largest absolute Gasteiger partial charge is 0.360 e. The van der Waals surface area contributed by atoms with Crippen molar-refractivity contribution in [3.8, 4) is 11.8 Å². The Morgan fingerprint density at radius 1 is 1.12 bits per heavy atom. The second kappa shape index (κ2) is 6.54. The van der Waals surface area contributed by atoms with Gasteiger partial charge in [-0.1, -0.05) is 36.4 Å². The number of benzene rings is 2. The van der Waals surface area contributed by atoms with Crippen LogP contribution in [0.3, 0.4) is 0 Å². The van der Waals surface area contributed by atoms with Gasteiger partial charge in [0, 0.05) is 40.6 Å². The molecule has 0 radical (unpaired) electrons. The van der Waals surface area contributed by atoms with Gasteiger partial charge in [0.15, 0.2) is 0 Å². The number of carbonyl (C=O) groups excluding carboxylic acids is 1. The summed E-state index contributed by atoms with van der Waals surface area (Å²) in [6.45, 7) is 0. The van der Waals surface area contributed by atoms with E-state index in [0.29, 0.717) is 5.56 Å². The molecule has 1 N–H and O–H groups in total. The lowest BCUT2D eigenvalue weighted by atomic mass is 10.0. The molecule has 4 rings (SSSR count). The molecule has 0 aliphatic carbocycles. The van der Waals surface area contributed by atoms with Gasteiger partial charge in [0.25, 0.3) is 0 Å². The highest BCUT2D eigenvalue weighted by Gasteiger charge is 2.17. The van der Waals surface area contributed by atoms with E-state index in [9.17, 15) is 10.1 Å². The van der Waals surface area contributed by atoms with Crippen LogP contribution in [0.5, 0.6) is 0 Å². The van der Waals surface area contributed by atoms with E-state index in [4.69, 9.17) is 0 Å². The van der Waals surface area contributed by atoms with Gasteiger partial charge in [0.2, 0.25) is 5.78 Å². The molecule has 5 heteroatoms. The number of H-pyrrole nitrogens is 1. The highest BCUT2D eigenvalue weighted by atomic mass is 16.1. The standard InChI is InChI=1S/C21H14N4O/c22-13-16(21(26)18-14-23-19-8-3-2-7-17(18)19)12-15-6-1-4-9-20(15)25-11-5-10-24-25/h1-12,14,23H. The Hall–Kier alpha value is -3.91. The molecule has 5 nitrogen and oxygen atoms in total. The first-order valence-corrected chi connectivity index (χ1v) is 8.09. The van der Waals surface area contributed by atoms with Crippen LogP contribution in [0.25, 0.3) is 22.7 Å². The highest BCUT2D eigenvalue weighted by molar-refractivity contribution is 6.19. The van der Waals surface area contributed by atoms with E-state index in [1.165, 1.54) is 0 Å². The Labute approximate surface area is 149 Å². The van der Waals surface area contributed by atoms with Crippen LogP contribution >= 0.6 is 0 Å². The minimum Gasteiger partial charge on any atom is -0.360 e. The molecule has 4 aromatic rings. The van der Waals surface area contributed by atoms with Crippen LogP contribution in [-0.2, 0) is 0 Å². The maximum Gasteiger partial charge on any atom is 0.205 e. The lowest BCUT2D eigenvalue weighted by Crippen LogP contribution is -2.02. The third kappa shape index (κ3) is 2.70. The molecule has 0 aliphatic heterocycles. The Kier molecular flexibility index (Phi) is 3.92. The minimum absolute atomic E-state index is 0.0781. The number of allylic oxidation sites excluding steroid dienone is 1. The number of aromatic amines is 1. The van der Waals surface area contributed by atoms with Crippen LogP contribution < -0.4 is 0 Å². The van der Waals surface area contributed by atoms with E-state index in [-0.39, 0.29) is 11.4 Å². The average Bonchev–Trinajstić information content (AvgIpc) is 3.35. The molecule has 0 bridgehead atoms. The van der Waals surface area contributed by atoms with Crippen molar-refractivity contribution in [2.45, 2.75) is 0 Å². The van der Waals surface area contributed by atoms with Gasteiger partial charge >= 0.3 is 0 Å². The fourth-order valence-corrected chi connectivity index (χ4v) is 2.94. The van der Waals surface area contributed by atoms with Gasteiger partial charge in [0.05, 0.1) is 5.69 Å². The smallest absolute Gasteiger partial charge is 0.205 e. The van der Waals surface area contributed by atoms with Gasteiger partial charge in [0.1, 0.15) is 11.6 Å². The molecule has 0 fully saturated rings. The number of nitrogens with zero attached hydrogens (tertiary/aromatic N) is 3. The molecule has 2 heterocycles. The predicted octanol–water partition coefficient (Wildman–Crippen LogP) is 4.14. The number of aromatic nitrogens is 3. The molecular formula is C21H14N4O. The third-order valence-corrected chi connectivity index (χ3v) is 4.19. The lowest BCUT2D eigenvalue weighted by Gasteiger charge is -2.06. The Balaban J connectivity index is 1.79. The maximum atomic E-state index is 12.9. The summed E-state index contributed by atoms with van der Waals surface area (Å²) in [6.07, 6.45) is 6.77. The second-order valence-electron chi connectivity index (χ2n) is 5.76. The number of fused-ring (bicyclic) bond motifs is 1. The number of carbonyl (C=O) groups is 1. The molecule has 0 unspecified atom stereocenters. The number of rotatable bonds is 4. The van der Waals surface area contributed by atoms with Gasteiger partial charge in [-0.15, -0.1) is 0 Å². The molecule has 0 spiro atoms. The zero-order chi connectivity index (χ0) is 17.9. The predicted molar refractivity (Wildman–Crippen MR) is 99.8 cm³/mol. The van der Waals surface area contributed by atoms with Gasteiger partial charge < -0.3 is 4.98 Å². The van der Waals surface area contributed by atoms with Crippen molar-refractivity contribution in [1.82, 2.24) is 14.8 Å². The normalized spacial score (nSPS) is 11.4. The zero-order valence-electron chi connectivity index (χ0n) is 13.8. The Bertz CT molecular complexity index is 1160. The Morgan fingerprint density at radius 3 is 2.73 bits per heavy atom. The van der Waals surface area contributed by atoms with Crippen molar-refractivity contribution in [3.05, 3.63) is 89.9 Å². The summed E-state index contributed by atoms with van der Waals surface area (Å²) < 4.78 is 1.71. The molecule has 0 saturated carbocycles. The minimum atomic E-state index is -0.305. The fourth-order valence-electron chi connectivity index (χ4n) is 2.94. The van der Waals surface area contributed by atoms with Gasteiger partial charge in [-0.05, 0) is 24.3 Å². The van der Waals surface area contributed by atoms with E-state index in [1.807, 2.05) is 66.9 Å². The molecule has 0 atom stereocenters. The summed E-state index contributed by atoms with van der Waals surface area (Å²) in [5, 5.41) is 14.6. The number of para-hydroxylation sites is 2. The molecule has 124 valence electrons. The summed E-state index contributed by atoms with van der Waals surface area (Å²) in [5.41, 5.74) is 2.99. The molecule has 0 aliphatic rings. The van der Waals surface area contributed by atoms with Crippen LogP contribution in [0.15, 0.2) is 78.8 Å². The van der Waals surface area contributed by atoms with Gasteiger partial charge in [-0.2, -0.15) is 10.4 Å². The maximum absolute atomic E-state index is 12.9. The molecule has 2 aromatic carbocycles. The summed E-state index contributed by atoms with van der Waals surface area (Å²) in [4.78, 5) is 16.0. The van der Waals surface area contributed by atoms with Crippen molar-refractivity contribution in [1.29, 1.82) is 5.26 Å². The number of nitriles is 1. The SMILES string of the molecule is N#CC(=Cc1ccccc1-n1cccn1)C(=O)c1c[nH]c2ccccc12. The first-order valence-electron chi connectivity index (χ1n) is 8.09. The number of ketones is 1. The van der Waals surface area contributed by atoms with Crippen LogP contribution in [0.4, 0.5) is 0 Å². The molecule has 0 saturated heterocycles.